The van der Waals surface area contributed by atoms with Crippen LogP contribution in [-0.2, 0) is 9.53 Å². The first-order chi connectivity index (χ1) is 11.5. The van der Waals surface area contributed by atoms with Crippen molar-refractivity contribution in [2.45, 2.75) is 77.4 Å². The molecule has 1 saturated carbocycles. The van der Waals surface area contributed by atoms with Crippen molar-refractivity contribution in [3.05, 3.63) is 23.9 Å². The molecular weight excluding hydrogens is 300 g/mol. The van der Waals surface area contributed by atoms with Crippen LogP contribution in [0.1, 0.15) is 65.2 Å². The van der Waals surface area contributed by atoms with Gasteiger partial charge in [-0.2, -0.15) is 0 Å². The molecular formula is C20H36N2O2. The van der Waals surface area contributed by atoms with E-state index in [1.807, 2.05) is 21.0 Å². The lowest BCUT2D eigenvalue weighted by Gasteiger charge is -2.23. The van der Waals surface area contributed by atoms with Gasteiger partial charge < -0.3 is 15.0 Å². The highest BCUT2D eigenvalue weighted by atomic mass is 16.5. The maximum Gasteiger partial charge on any atom is 0.226 e. The molecule has 0 aromatic heterocycles. The second kappa shape index (κ2) is 11.4. The Morgan fingerprint density at radius 1 is 1.38 bits per heavy atom. The highest BCUT2D eigenvalue weighted by Gasteiger charge is 2.18. The fourth-order valence-corrected chi connectivity index (χ4v) is 3.16. The number of rotatable bonds is 11. The molecule has 0 spiro atoms. The van der Waals surface area contributed by atoms with Crippen LogP contribution in [0, 0.1) is 0 Å². The van der Waals surface area contributed by atoms with Gasteiger partial charge in [0.25, 0.3) is 0 Å². The predicted octanol–water partition coefficient (Wildman–Crippen LogP) is 4.03. The van der Waals surface area contributed by atoms with Crippen LogP contribution in [0.15, 0.2) is 23.9 Å². The highest BCUT2D eigenvalue weighted by molar-refractivity contribution is 5.78. The van der Waals surface area contributed by atoms with Crippen LogP contribution >= 0.6 is 0 Å². The lowest BCUT2D eigenvalue weighted by atomic mass is 10.1. The first-order valence-electron chi connectivity index (χ1n) is 9.38. The summed E-state index contributed by atoms with van der Waals surface area (Å²) in [5.74, 6) is 0.157. The number of hydrogen-bond donors (Lipinski definition) is 1. The molecule has 1 unspecified atom stereocenters. The van der Waals surface area contributed by atoms with Gasteiger partial charge in [-0.25, -0.2) is 0 Å². The van der Waals surface area contributed by atoms with Gasteiger partial charge in [0, 0.05) is 19.2 Å². The third kappa shape index (κ3) is 7.63. The Labute approximate surface area is 148 Å². The minimum Gasteiger partial charge on any atom is -0.375 e. The number of likely N-dealkylation sites (N-methyl/N-ethyl adjacent to an activating group) is 1. The molecule has 4 nitrogen and oxygen atoms in total. The van der Waals surface area contributed by atoms with Gasteiger partial charge in [0.1, 0.15) is 0 Å². The zero-order chi connectivity index (χ0) is 17.9. The molecule has 0 radical (unpaired) electrons. The van der Waals surface area contributed by atoms with Crippen molar-refractivity contribution in [1.82, 2.24) is 10.2 Å². The van der Waals surface area contributed by atoms with Gasteiger partial charge >= 0.3 is 0 Å². The molecule has 1 amide bonds. The third-order valence-corrected chi connectivity index (χ3v) is 4.61. The van der Waals surface area contributed by atoms with E-state index in [9.17, 15) is 4.79 Å². The summed E-state index contributed by atoms with van der Waals surface area (Å²) in [6, 6.07) is 0. The van der Waals surface area contributed by atoms with E-state index >= 15 is 0 Å². The number of hydrogen-bond acceptors (Lipinski definition) is 3. The number of carbonyl (C=O) groups excluding carboxylic acids is 1. The summed E-state index contributed by atoms with van der Waals surface area (Å²) >= 11 is 0. The topological polar surface area (TPSA) is 41.6 Å². The summed E-state index contributed by atoms with van der Waals surface area (Å²) in [5, 5.41) is 3.11. The van der Waals surface area contributed by atoms with Crippen molar-refractivity contribution in [2.24, 2.45) is 0 Å². The average Bonchev–Trinajstić information content (AvgIpc) is 3.03. The smallest absolute Gasteiger partial charge is 0.226 e. The number of nitrogens with one attached hydrogen (secondary N) is 1. The van der Waals surface area contributed by atoms with E-state index in [-0.39, 0.29) is 12.0 Å². The Morgan fingerprint density at radius 2 is 2.04 bits per heavy atom. The van der Waals surface area contributed by atoms with E-state index in [4.69, 9.17) is 4.74 Å². The summed E-state index contributed by atoms with van der Waals surface area (Å²) in [7, 11) is 3.79. The molecule has 1 fully saturated rings. The van der Waals surface area contributed by atoms with Crippen molar-refractivity contribution in [3.63, 3.8) is 0 Å². The molecule has 1 aliphatic carbocycles. The average molecular weight is 337 g/mol. The number of carbonyl (C=O) groups is 1. The summed E-state index contributed by atoms with van der Waals surface area (Å²) in [6.45, 7) is 9.06. The fraction of sp³-hybridized carbons (Fsp3) is 0.750. The zero-order valence-corrected chi connectivity index (χ0v) is 16.1. The standard InChI is InChI=1S/C20H36N2O2/c1-16(2)19(22(5)20(23)12-8-9-15-21-4)14-13-17(3)24-18-10-6-7-11-18/h14,17-18,21H,1,6-13,15H2,2-5H3/b19-14+. The maximum absolute atomic E-state index is 12.4. The molecule has 0 aromatic carbocycles. The van der Waals surface area contributed by atoms with Crippen molar-refractivity contribution in [1.29, 1.82) is 0 Å². The molecule has 0 aliphatic heterocycles. The van der Waals surface area contributed by atoms with Crippen molar-refractivity contribution < 1.29 is 9.53 Å². The van der Waals surface area contributed by atoms with Crippen molar-refractivity contribution in [3.8, 4) is 0 Å². The SMILES string of the molecule is C=C(C)/C(=C\CC(C)OC1CCCC1)N(C)C(=O)CCCCNC. The van der Waals surface area contributed by atoms with Crippen LogP contribution in [-0.4, -0.2) is 43.7 Å². The van der Waals surface area contributed by atoms with Gasteiger partial charge in [0.05, 0.1) is 12.2 Å². The van der Waals surface area contributed by atoms with E-state index in [2.05, 4.69) is 24.9 Å². The minimum atomic E-state index is 0.157. The first kappa shape index (κ1) is 20.9. The lowest BCUT2D eigenvalue weighted by molar-refractivity contribution is -0.128. The van der Waals surface area contributed by atoms with Crippen LogP contribution in [0.4, 0.5) is 0 Å². The highest BCUT2D eigenvalue weighted by Crippen LogP contribution is 2.23. The molecule has 4 heteroatoms. The monoisotopic (exact) mass is 336 g/mol. The number of allylic oxidation sites excluding steroid dienone is 1. The number of nitrogens with zero attached hydrogens (tertiary/aromatic N) is 1. The summed E-state index contributed by atoms with van der Waals surface area (Å²) in [4.78, 5) is 14.1. The van der Waals surface area contributed by atoms with Crippen molar-refractivity contribution in [2.75, 3.05) is 20.6 Å². The molecule has 1 aliphatic rings. The number of ether oxygens (including phenoxy) is 1. The van der Waals surface area contributed by atoms with Crippen LogP contribution in [0.5, 0.6) is 0 Å². The Balaban J connectivity index is 2.50. The summed E-state index contributed by atoms with van der Waals surface area (Å²) in [6.07, 6.45) is 11.0. The van der Waals surface area contributed by atoms with Gasteiger partial charge in [0.15, 0.2) is 0 Å². The van der Waals surface area contributed by atoms with Gasteiger partial charge in [-0.1, -0.05) is 25.5 Å². The van der Waals surface area contributed by atoms with E-state index in [1.165, 1.54) is 25.7 Å². The van der Waals surface area contributed by atoms with Crippen LogP contribution in [0.25, 0.3) is 0 Å². The van der Waals surface area contributed by atoms with Gasteiger partial charge in [-0.3, -0.25) is 4.79 Å². The second-order valence-corrected chi connectivity index (χ2v) is 6.97. The molecule has 138 valence electrons. The molecule has 0 bridgehead atoms. The number of unbranched alkanes of at least 4 members (excludes halogenated alkanes) is 1. The largest absolute Gasteiger partial charge is 0.375 e. The molecule has 1 rings (SSSR count). The van der Waals surface area contributed by atoms with Crippen LogP contribution < -0.4 is 5.32 Å². The molecule has 24 heavy (non-hydrogen) atoms. The van der Waals surface area contributed by atoms with Gasteiger partial charge in [-0.05, 0) is 65.1 Å². The molecule has 0 aromatic rings. The summed E-state index contributed by atoms with van der Waals surface area (Å²) < 4.78 is 6.09. The third-order valence-electron chi connectivity index (χ3n) is 4.61. The molecule has 1 N–H and O–H groups in total. The Hall–Kier alpha value is -1.13. The molecule has 0 saturated heterocycles. The van der Waals surface area contributed by atoms with Gasteiger partial charge in [0.2, 0.25) is 5.91 Å². The number of amides is 1. The maximum atomic E-state index is 12.4. The summed E-state index contributed by atoms with van der Waals surface area (Å²) in [5.41, 5.74) is 1.85. The van der Waals surface area contributed by atoms with E-state index in [0.29, 0.717) is 12.5 Å². The zero-order valence-electron chi connectivity index (χ0n) is 16.1. The van der Waals surface area contributed by atoms with Crippen molar-refractivity contribution >= 4 is 5.91 Å². The van der Waals surface area contributed by atoms with E-state index < -0.39 is 0 Å². The second-order valence-electron chi connectivity index (χ2n) is 6.97. The lowest BCUT2D eigenvalue weighted by Crippen LogP contribution is -2.27. The molecule has 0 heterocycles. The quantitative estimate of drug-likeness (QED) is 0.457. The predicted molar refractivity (Wildman–Crippen MR) is 101 cm³/mol. The Morgan fingerprint density at radius 3 is 2.62 bits per heavy atom. The first-order valence-corrected chi connectivity index (χ1v) is 9.38. The van der Waals surface area contributed by atoms with Crippen LogP contribution in [0.3, 0.4) is 0 Å². The van der Waals surface area contributed by atoms with E-state index in [0.717, 1.165) is 37.1 Å². The minimum absolute atomic E-state index is 0.157. The Bertz CT molecular complexity index is 425. The van der Waals surface area contributed by atoms with E-state index in [1.54, 1.807) is 4.90 Å². The normalized spacial score (nSPS) is 17.1. The van der Waals surface area contributed by atoms with Crippen LogP contribution in [0.2, 0.25) is 0 Å². The van der Waals surface area contributed by atoms with Gasteiger partial charge in [-0.15, -0.1) is 0 Å². The Kier molecular flexibility index (Phi) is 9.96. The fourth-order valence-electron chi connectivity index (χ4n) is 3.16. The molecule has 1 atom stereocenters.